The Morgan fingerprint density at radius 1 is 1.22 bits per heavy atom. The SMILES string of the molecule is CC(Nc1nccc(N2C(=O)OC[C@@H]2C(C)C)n1)c1ccc(Oc2cccnc2)c(F)c1. The van der Waals surface area contributed by atoms with Crippen molar-refractivity contribution in [3.05, 3.63) is 66.4 Å². The van der Waals surface area contributed by atoms with E-state index in [0.29, 0.717) is 29.7 Å². The molecule has 166 valence electrons. The first-order valence-corrected chi connectivity index (χ1v) is 10.4. The number of pyridine rings is 1. The molecule has 0 bridgehead atoms. The summed E-state index contributed by atoms with van der Waals surface area (Å²) in [5.41, 5.74) is 0.690. The summed E-state index contributed by atoms with van der Waals surface area (Å²) >= 11 is 0. The lowest BCUT2D eigenvalue weighted by Gasteiger charge is -2.23. The van der Waals surface area contributed by atoms with Crippen molar-refractivity contribution in [1.29, 1.82) is 0 Å². The van der Waals surface area contributed by atoms with E-state index in [1.807, 2.05) is 20.8 Å². The molecule has 2 aromatic heterocycles. The fourth-order valence-corrected chi connectivity index (χ4v) is 3.42. The van der Waals surface area contributed by atoms with E-state index in [2.05, 4.69) is 20.3 Å². The maximum atomic E-state index is 14.6. The molecule has 3 aromatic rings. The highest BCUT2D eigenvalue weighted by Gasteiger charge is 2.37. The third-order valence-corrected chi connectivity index (χ3v) is 5.23. The Bertz CT molecular complexity index is 1100. The number of nitrogens with one attached hydrogen (secondary N) is 1. The number of nitrogens with zero attached hydrogens (tertiary/aromatic N) is 4. The molecule has 1 aromatic carbocycles. The van der Waals surface area contributed by atoms with E-state index in [-0.39, 0.29) is 23.8 Å². The zero-order chi connectivity index (χ0) is 22.7. The van der Waals surface area contributed by atoms with Gasteiger partial charge in [0, 0.05) is 12.4 Å². The van der Waals surface area contributed by atoms with E-state index < -0.39 is 11.9 Å². The molecule has 32 heavy (non-hydrogen) atoms. The summed E-state index contributed by atoms with van der Waals surface area (Å²) in [5, 5.41) is 3.16. The number of ether oxygens (including phenoxy) is 2. The Hall–Kier alpha value is -3.75. The molecule has 1 N–H and O–H groups in total. The molecule has 0 radical (unpaired) electrons. The molecule has 1 aliphatic rings. The Kier molecular flexibility index (Phi) is 6.16. The van der Waals surface area contributed by atoms with Crippen molar-refractivity contribution in [3.63, 3.8) is 0 Å². The van der Waals surface area contributed by atoms with Gasteiger partial charge in [0.15, 0.2) is 11.6 Å². The largest absolute Gasteiger partial charge is 0.453 e. The second kappa shape index (κ2) is 9.17. The Balaban J connectivity index is 1.48. The highest BCUT2D eigenvalue weighted by Crippen LogP contribution is 2.29. The number of benzene rings is 1. The lowest BCUT2D eigenvalue weighted by atomic mass is 10.0. The minimum atomic E-state index is -0.491. The number of carbonyl (C=O) groups excluding carboxylic acids is 1. The summed E-state index contributed by atoms with van der Waals surface area (Å²) in [7, 11) is 0. The highest BCUT2D eigenvalue weighted by atomic mass is 19.1. The molecule has 1 amide bonds. The number of amides is 1. The van der Waals surface area contributed by atoms with Crippen LogP contribution >= 0.6 is 0 Å². The summed E-state index contributed by atoms with van der Waals surface area (Å²) < 4.78 is 25.3. The first-order valence-electron chi connectivity index (χ1n) is 10.4. The average molecular weight is 437 g/mol. The Morgan fingerprint density at radius 2 is 2.06 bits per heavy atom. The fraction of sp³-hybridized carbons (Fsp3) is 0.304. The first kappa shape index (κ1) is 21.5. The van der Waals surface area contributed by atoms with Crippen LogP contribution in [0.2, 0.25) is 0 Å². The quantitative estimate of drug-likeness (QED) is 0.559. The van der Waals surface area contributed by atoms with Crippen LogP contribution in [0.3, 0.4) is 0 Å². The van der Waals surface area contributed by atoms with Crippen molar-refractivity contribution in [1.82, 2.24) is 15.0 Å². The maximum absolute atomic E-state index is 14.6. The lowest BCUT2D eigenvalue weighted by Crippen LogP contribution is -2.37. The maximum Gasteiger partial charge on any atom is 0.415 e. The van der Waals surface area contributed by atoms with Gasteiger partial charge in [-0.2, -0.15) is 4.98 Å². The van der Waals surface area contributed by atoms with Gasteiger partial charge in [-0.1, -0.05) is 19.9 Å². The van der Waals surface area contributed by atoms with Crippen molar-refractivity contribution in [2.24, 2.45) is 5.92 Å². The van der Waals surface area contributed by atoms with Gasteiger partial charge in [-0.05, 0) is 48.7 Å². The molecule has 2 atom stereocenters. The molecule has 4 rings (SSSR count). The van der Waals surface area contributed by atoms with Gasteiger partial charge in [0.1, 0.15) is 18.2 Å². The number of hydrogen-bond acceptors (Lipinski definition) is 7. The number of rotatable bonds is 7. The van der Waals surface area contributed by atoms with Crippen LogP contribution in [0.4, 0.5) is 21.0 Å². The van der Waals surface area contributed by atoms with Crippen LogP contribution in [-0.4, -0.2) is 33.7 Å². The Labute approximate surface area is 185 Å². The van der Waals surface area contributed by atoms with Crippen LogP contribution in [0.15, 0.2) is 55.0 Å². The topological polar surface area (TPSA) is 89.5 Å². The van der Waals surface area contributed by atoms with Crippen LogP contribution in [-0.2, 0) is 4.74 Å². The minimum Gasteiger partial charge on any atom is -0.453 e. The standard InChI is InChI=1S/C23H24FN5O3/c1-14(2)19-13-31-23(30)29(19)21-8-10-26-22(28-21)27-15(3)16-6-7-20(18(24)11-16)32-17-5-4-9-25-12-17/h4-12,14-15,19H,13H2,1-3H3,(H,26,27,28)/t15?,19-/m1/s1. The Morgan fingerprint density at radius 3 is 2.78 bits per heavy atom. The normalized spacial score (nSPS) is 16.7. The predicted molar refractivity (Wildman–Crippen MR) is 117 cm³/mol. The summed E-state index contributed by atoms with van der Waals surface area (Å²) in [4.78, 5) is 26.4. The molecule has 0 aliphatic carbocycles. The highest BCUT2D eigenvalue weighted by molar-refractivity contribution is 5.89. The lowest BCUT2D eigenvalue weighted by molar-refractivity contribution is 0.177. The molecule has 3 heterocycles. The van der Waals surface area contributed by atoms with E-state index in [9.17, 15) is 9.18 Å². The molecule has 8 nitrogen and oxygen atoms in total. The van der Waals surface area contributed by atoms with E-state index in [1.54, 1.807) is 47.6 Å². The van der Waals surface area contributed by atoms with Crippen LogP contribution in [0.5, 0.6) is 11.5 Å². The summed E-state index contributed by atoms with van der Waals surface area (Å²) in [5.74, 6) is 1.07. The third kappa shape index (κ3) is 4.61. The number of carbonyl (C=O) groups is 1. The monoisotopic (exact) mass is 437 g/mol. The van der Waals surface area contributed by atoms with Gasteiger partial charge >= 0.3 is 6.09 Å². The minimum absolute atomic E-state index is 0.0934. The van der Waals surface area contributed by atoms with E-state index >= 15 is 0 Å². The van der Waals surface area contributed by atoms with Gasteiger partial charge in [-0.15, -0.1) is 0 Å². The molecule has 0 spiro atoms. The van der Waals surface area contributed by atoms with Crippen LogP contribution in [0.1, 0.15) is 32.4 Å². The van der Waals surface area contributed by atoms with E-state index in [4.69, 9.17) is 9.47 Å². The van der Waals surface area contributed by atoms with Crippen molar-refractivity contribution >= 4 is 17.9 Å². The molecule has 1 unspecified atom stereocenters. The third-order valence-electron chi connectivity index (χ3n) is 5.23. The molecule has 1 aliphatic heterocycles. The van der Waals surface area contributed by atoms with Crippen LogP contribution < -0.4 is 15.0 Å². The predicted octanol–water partition coefficient (Wildman–Crippen LogP) is 4.96. The molecule has 1 saturated heterocycles. The van der Waals surface area contributed by atoms with Gasteiger partial charge in [-0.3, -0.25) is 9.88 Å². The van der Waals surface area contributed by atoms with E-state index in [1.165, 1.54) is 12.3 Å². The molecule has 0 saturated carbocycles. The second-order valence-corrected chi connectivity index (χ2v) is 7.84. The zero-order valence-corrected chi connectivity index (χ0v) is 18.0. The van der Waals surface area contributed by atoms with Crippen LogP contribution in [0.25, 0.3) is 0 Å². The van der Waals surface area contributed by atoms with Crippen LogP contribution in [0, 0.1) is 11.7 Å². The van der Waals surface area contributed by atoms with Gasteiger partial charge in [-0.25, -0.2) is 14.2 Å². The number of hydrogen-bond donors (Lipinski definition) is 1. The number of anilines is 2. The summed E-state index contributed by atoms with van der Waals surface area (Å²) in [6, 6.07) is 9.44. The van der Waals surface area contributed by atoms with Gasteiger partial charge in [0.25, 0.3) is 0 Å². The van der Waals surface area contributed by atoms with Gasteiger partial charge in [0.05, 0.1) is 18.3 Å². The number of cyclic esters (lactones) is 1. The first-order chi connectivity index (χ1) is 15.4. The van der Waals surface area contributed by atoms with Crippen molar-refractivity contribution < 1.29 is 18.7 Å². The van der Waals surface area contributed by atoms with Gasteiger partial charge < -0.3 is 14.8 Å². The smallest absolute Gasteiger partial charge is 0.415 e. The van der Waals surface area contributed by atoms with Crippen molar-refractivity contribution in [2.45, 2.75) is 32.9 Å². The fourth-order valence-electron chi connectivity index (χ4n) is 3.42. The molecule has 9 heteroatoms. The zero-order valence-electron chi connectivity index (χ0n) is 18.0. The van der Waals surface area contributed by atoms with Crippen molar-refractivity contribution in [2.75, 3.05) is 16.8 Å². The molecular weight excluding hydrogens is 413 g/mol. The number of halogens is 1. The van der Waals surface area contributed by atoms with Crippen molar-refractivity contribution in [3.8, 4) is 11.5 Å². The van der Waals surface area contributed by atoms with Gasteiger partial charge in [0.2, 0.25) is 5.95 Å². The van der Waals surface area contributed by atoms with E-state index in [0.717, 1.165) is 0 Å². The summed E-state index contributed by atoms with van der Waals surface area (Å²) in [6.07, 6.45) is 4.28. The molecular formula is C23H24FN5O3. The summed E-state index contributed by atoms with van der Waals surface area (Å²) in [6.45, 7) is 6.25. The number of aromatic nitrogens is 3. The second-order valence-electron chi connectivity index (χ2n) is 7.84. The average Bonchev–Trinajstić information content (AvgIpc) is 3.18. The molecule has 1 fully saturated rings.